The van der Waals surface area contributed by atoms with E-state index >= 15 is 0 Å². The monoisotopic (exact) mass is 407 g/mol. The van der Waals surface area contributed by atoms with Crippen LogP contribution in [0, 0.1) is 0 Å². The molecule has 28 heavy (non-hydrogen) atoms. The van der Waals surface area contributed by atoms with Crippen LogP contribution in [0.1, 0.15) is 9.67 Å². The fourth-order valence-corrected chi connectivity index (χ4v) is 4.54. The zero-order valence-corrected chi connectivity index (χ0v) is 16.1. The predicted molar refractivity (Wildman–Crippen MR) is 113 cm³/mol. The highest BCUT2D eigenvalue weighted by Gasteiger charge is 2.28. The Morgan fingerprint density at radius 2 is 1.82 bits per heavy atom. The average Bonchev–Trinajstić information content (AvgIpc) is 3.12. The molecular formula is C21H14ClN3O2S. The molecule has 0 unspecified atom stereocenters. The van der Waals surface area contributed by atoms with E-state index in [0.717, 1.165) is 38.8 Å². The highest BCUT2D eigenvalue weighted by Crippen LogP contribution is 2.46. The number of benzene rings is 2. The molecule has 4 aromatic rings. The summed E-state index contributed by atoms with van der Waals surface area (Å²) < 4.78 is 5.86. The van der Waals surface area contributed by atoms with Gasteiger partial charge in [0, 0.05) is 17.6 Å². The molecule has 2 aromatic carbocycles. The van der Waals surface area contributed by atoms with Crippen LogP contribution in [0.4, 0.5) is 17.1 Å². The Hall–Kier alpha value is -3.09. The van der Waals surface area contributed by atoms with Gasteiger partial charge < -0.3 is 15.0 Å². The third-order valence-electron chi connectivity index (χ3n) is 4.57. The molecule has 0 radical (unpaired) electrons. The normalized spacial score (nSPS) is 12.7. The Labute approximate surface area is 170 Å². The van der Waals surface area contributed by atoms with Crippen LogP contribution in [0.5, 0.6) is 11.5 Å². The number of para-hydroxylation sites is 1. The summed E-state index contributed by atoms with van der Waals surface area (Å²) in [6.07, 6.45) is 1.73. The van der Waals surface area contributed by atoms with Gasteiger partial charge in [0.05, 0.1) is 17.7 Å². The highest BCUT2D eigenvalue weighted by molar-refractivity contribution is 7.22. The Morgan fingerprint density at radius 1 is 1.07 bits per heavy atom. The van der Waals surface area contributed by atoms with Crippen LogP contribution >= 0.6 is 22.9 Å². The third kappa shape index (κ3) is 2.87. The number of carbonyl (C=O) groups is 1. The van der Waals surface area contributed by atoms with Crippen LogP contribution in [0.3, 0.4) is 0 Å². The molecule has 5 rings (SSSR count). The van der Waals surface area contributed by atoms with Crippen LogP contribution in [0.25, 0.3) is 10.2 Å². The van der Waals surface area contributed by atoms with E-state index in [-0.39, 0.29) is 0 Å². The maximum Gasteiger partial charge on any atom is 0.264 e. The van der Waals surface area contributed by atoms with Crippen LogP contribution in [-0.4, -0.2) is 16.9 Å². The van der Waals surface area contributed by atoms with Gasteiger partial charge in [-0.05, 0) is 54.1 Å². The molecule has 0 aliphatic carbocycles. The first-order chi connectivity index (χ1) is 13.7. The van der Waals surface area contributed by atoms with Gasteiger partial charge in [-0.3, -0.25) is 4.79 Å². The Morgan fingerprint density at radius 3 is 2.57 bits per heavy atom. The summed E-state index contributed by atoms with van der Waals surface area (Å²) in [7, 11) is 0. The summed E-state index contributed by atoms with van der Waals surface area (Å²) in [5.74, 6) is 1.52. The van der Waals surface area contributed by atoms with E-state index in [1.54, 1.807) is 6.20 Å². The number of pyridine rings is 1. The fourth-order valence-electron chi connectivity index (χ4n) is 3.33. The first-order valence-electron chi connectivity index (χ1n) is 8.66. The summed E-state index contributed by atoms with van der Waals surface area (Å²) >= 11 is 7.20. The van der Waals surface area contributed by atoms with E-state index in [4.69, 9.17) is 16.3 Å². The van der Waals surface area contributed by atoms with E-state index in [1.807, 2.05) is 65.6 Å². The summed E-state index contributed by atoms with van der Waals surface area (Å²) in [5, 5.41) is 3.84. The van der Waals surface area contributed by atoms with Crippen molar-refractivity contribution in [1.82, 2.24) is 4.98 Å². The highest BCUT2D eigenvalue weighted by atomic mass is 35.5. The zero-order valence-electron chi connectivity index (χ0n) is 14.6. The molecule has 0 amide bonds. The summed E-state index contributed by atoms with van der Waals surface area (Å²) in [6, 6.07) is 19.3. The molecule has 7 heteroatoms. The number of rotatable bonds is 4. The molecule has 0 atom stereocenters. The van der Waals surface area contributed by atoms with Crippen molar-refractivity contribution in [3.63, 3.8) is 0 Å². The van der Waals surface area contributed by atoms with E-state index in [9.17, 15) is 4.79 Å². The second-order valence-electron chi connectivity index (χ2n) is 6.26. The molecular weight excluding hydrogens is 394 g/mol. The quantitative estimate of drug-likeness (QED) is 0.421. The van der Waals surface area contributed by atoms with Crippen LogP contribution in [-0.2, 0) is 0 Å². The fraction of sp³-hybridized carbons (Fsp3) is 0.0476. The number of aromatic nitrogens is 1. The topological polar surface area (TPSA) is 54.5 Å². The molecule has 3 heterocycles. The van der Waals surface area contributed by atoms with Crippen molar-refractivity contribution in [1.29, 1.82) is 0 Å². The largest absolute Gasteiger partial charge is 0.457 e. The molecule has 1 N–H and O–H groups in total. The Kier molecular flexibility index (Phi) is 4.15. The molecule has 1 aliphatic heterocycles. The van der Waals surface area contributed by atoms with Crippen LogP contribution in [0.15, 0.2) is 66.9 Å². The van der Waals surface area contributed by atoms with Crippen molar-refractivity contribution in [2.45, 2.75) is 0 Å². The average molecular weight is 408 g/mol. The molecule has 0 saturated heterocycles. The minimum atomic E-state index is -0.472. The predicted octanol–water partition coefficient (Wildman–Crippen LogP) is 5.99. The van der Waals surface area contributed by atoms with E-state index in [1.165, 1.54) is 11.3 Å². The van der Waals surface area contributed by atoms with Crippen molar-refractivity contribution >= 4 is 55.5 Å². The number of hydrogen-bond acceptors (Lipinski definition) is 6. The van der Waals surface area contributed by atoms with Crippen molar-refractivity contribution in [3.05, 3.63) is 71.7 Å². The molecule has 0 spiro atoms. The lowest BCUT2D eigenvalue weighted by molar-refractivity contribution is 0.108. The molecule has 0 saturated carbocycles. The minimum Gasteiger partial charge on any atom is -0.457 e. The van der Waals surface area contributed by atoms with Crippen molar-refractivity contribution in [3.8, 4) is 11.5 Å². The number of carbonyl (C=O) groups excluding carboxylic acids is 1. The number of anilines is 3. The van der Waals surface area contributed by atoms with E-state index < -0.39 is 5.24 Å². The summed E-state index contributed by atoms with van der Waals surface area (Å²) in [6.45, 7) is 0.527. The smallest absolute Gasteiger partial charge is 0.264 e. The van der Waals surface area contributed by atoms with E-state index in [0.29, 0.717) is 11.5 Å². The number of halogens is 1. The maximum absolute atomic E-state index is 12.0. The maximum atomic E-state index is 12.0. The molecule has 0 bridgehead atoms. The second kappa shape index (κ2) is 6.82. The van der Waals surface area contributed by atoms with Gasteiger partial charge in [-0.15, -0.1) is 11.3 Å². The summed E-state index contributed by atoms with van der Waals surface area (Å²) in [4.78, 5) is 19.8. The van der Waals surface area contributed by atoms with Gasteiger partial charge in [0.1, 0.15) is 21.2 Å². The number of hydrogen-bond donors (Lipinski definition) is 1. The Bertz CT molecular complexity index is 1180. The lowest BCUT2D eigenvalue weighted by atomic mass is 10.1. The van der Waals surface area contributed by atoms with Crippen LogP contribution < -0.4 is 15.0 Å². The lowest BCUT2D eigenvalue weighted by Gasteiger charge is -2.30. The van der Waals surface area contributed by atoms with Crippen molar-refractivity contribution in [2.75, 3.05) is 16.9 Å². The lowest BCUT2D eigenvalue weighted by Crippen LogP contribution is -2.28. The van der Waals surface area contributed by atoms with Crippen molar-refractivity contribution < 1.29 is 9.53 Å². The second-order valence-corrected chi connectivity index (χ2v) is 7.61. The van der Waals surface area contributed by atoms with Crippen LogP contribution in [0.2, 0.25) is 0 Å². The first-order valence-corrected chi connectivity index (χ1v) is 9.86. The minimum absolute atomic E-state index is 0.472. The number of nitrogens with one attached hydrogen (secondary N) is 1. The number of thiophene rings is 1. The Balaban J connectivity index is 1.53. The zero-order chi connectivity index (χ0) is 19.1. The van der Waals surface area contributed by atoms with Gasteiger partial charge in [-0.2, -0.15) is 0 Å². The molecule has 138 valence electrons. The van der Waals surface area contributed by atoms with Gasteiger partial charge in [-0.1, -0.05) is 18.2 Å². The molecule has 1 aliphatic rings. The summed E-state index contributed by atoms with van der Waals surface area (Å²) in [5.41, 5.74) is 2.69. The number of nitrogens with zero attached hydrogens (tertiary/aromatic N) is 2. The molecule has 0 fully saturated rings. The number of ether oxygens (including phenoxy) is 1. The van der Waals surface area contributed by atoms with Gasteiger partial charge in [0.25, 0.3) is 5.24 Å². The molecule has 2 aromatic heterocycles. The van der Waals surface area contributed by atoms with Gasteiger partial charge >= 0.3 is 0 Å². The van der Waals surface area contributed by atoms with E-state index in [2.05, 4.69) is 10.3 Å². The SMILES string of the molecule is O=C(Cl)c1sc2nccc3c2c1N(c1ccc(Oc2ccccc2)cc1)CN3. The van der Waals surface area contributed by atoms with Gasteiger partial charge in [-0.25, -0.2) is 4.98 Å². The molecule has 5 nitrogen and oxygen atoms in total. The van der Waals surface area contributed by atoms with Gasteiger partial charge in [0.15, 0.2) is 0 Å². The van der Waals surface area contributed by atoms with Gasteiger partial charge in [0.2, 0.25) is 0 Å². The third-order valence-corrected chi connectivity index (χ3v) is 5.96. The van der Waals surface area contributed by atoms with Crippen molar-refractivity contribution in [2.24, 2.45) is 0 Å². The first kappa shape index (κ1) is 17.0. The standard InChI is InChI=1S/C21H14ClN3O2S/c22-20(26)19-18-17-16(10-11-23-21(17)28-19)24-12-25(18)13-6-8-15(9-7-13)27-14-4-2-1-3-5-14/h1-11,24H,12H2.